The van der Waals surface area contributed by atoms with E-state index >= 15 is 4.39 Å². The number of ether oxygens (including phenoxy) is 2. The summed E-state index contributed by atoms with van der Waals surface area (Å²) in [6, 6.07) is 9.62. The maximum atomic E-state index is 15.8. The molecule has 0 bridgehead atoms. The molecule has 3 aromatic heterocycles. The average molecular weight is 632 g/mol. The molecule has 1 fully saturated rings. The Bertz CT molecular complexity index is 1940. The lowest BCUT2D eigenvalue weighted by Gasteiger charge is -2.31. The molecule has 232 valence electrons. The van der Waals surface area contributed by atoms with Gasteiger partial charge in [0.1, 0.15) is 29.8 Å². The summed E-state index contributed by atoms with van der Waals surface area (Å²) >= 11 is 1.35. The SMILES string of the molecule is C=CC(=O)N1CCCC(C(=O)Nc2nc(-c3ccc4c(cnn4C)c3)c3ccsc3c2-c2c(F)cc(F)cc2OCCOC)C1. The van der Waals surface area contributed by atoms with Crippen molar-refractivity contribution in [3.05, 3.63) is 72.3 Å². The minimum Gasteiger partial charge on any atom is -0.490 e. The average Bonchev–Trinajstić information content (AvgIpc) is 3.67. The summed E-state index contributed by atoms with van der Waals surface area (Å²) in [4.78, 5) is 32.7. The van der Waals surface area contributed by atoms with Gasteiger partial charge in [-0.2, -0.15) is 5.10 Å². The summed E-state index contributed by atoms with van der Waals surface area (Å²) in [6.45, 7) is 4.56. The minimum absolute atomic E-state index is 0.0240. The molecule has 9 nitrogen and oxygen atoms in total. The van der Waals surface area contributed by atoms with Crippen LogP contribution in [0.15, 0.2) is 60.6 Å². The lowest BCUT2D eigenvalue weighted by Crippen LogP contribution is -2.43. The standard InChI is InChI=1S/C33H31F2N5O4S/c1-4-27(41)40-10-5-6-20(18-40)33(42)38-32-29(28-24(35)15-22(34)16-26(28)44-12-11-43-3)31-23(9-13-45-31)30(37-32)19-7-8-25-21(14-19)17-36-39(25)2/h4,7-9,13-17,20H,1,5-6,10-12,18H2,2-3H3,(H,37,38,42). The molecule has 12 heteroatoms. The van der Waals surface area contributed by atoms with Crippen LogP contribution in [0.5, 0.6) is 5.75 Å². The van der Waals surface area contributed by atoms with Crippen molar-refractivity contribution in [1.82, 2.24) is 19.7 Å². The molecule has 4 heterocycles. The number of likely N-dealkylation sites (tertiary alicyclic amines) is 1. The Hall–Kier alpha value is -4.68. The largest absolute Gasteiger partial charge is 0.490 e. The number of carbonyl (C=O) groups excluding carboxylic acids is 2. The molecule has 0 spiro atoms. The van der Waals surface area contributed by atoms with Crippen LogP contribution in [0.1, 0.15) is 12.8 Å². The van der Waals surface area contributed by atoms with E-state index in [0.717, 1.165) is 34.0 Å². The molecule has 0 radical (unpaired) electrons. The molecule has 0 aliphatic carbocycles. The number of anilines is 1. The van der Waals surface area contributed by atoms with E-state index in [9.17, 15) is 14.0 Å². The van der Waals surface area contributed by atoms with Gasteiger partial charge in [0.15, 0.2) is 0 Å². The maximum absolute atomic E-state index is 15.8. The second-order valence-corrected chi connectivity index (χ2v) is 11.7. The molecule has 45 heavy (non-hydrogen) atoms. The van der Waals surface area contributed by atoms with Crippen molar-refractivity contribution >= 4 is 50.0 Å². The molecule has 2 amide bonds. The van der Waals surface area contributed by atoms with Gasteiger partial charge in [0.25, 0.3) is 0 Å². The quantitative estimate of drug-likeness (QED) is 0.154. The number of carbonyl (C=O) groups is 2. The minimum atomic E-state index is -0.862. The highest BCUT2D eigenvalue weighted by molar-refractivity contribution is 7.18. The van der Waals surface area contributed by atoms with Crippen LogP contribution in [-0.4, -0.2) is 64.9 Å². The van der Waals surface area contributed by atoms with Crippen LogP contribution in [0.2, 0.25) is 0 Å². The molecule has 1 N–H and O–H groups in total. The second kappa shape index (κ2) is 12.7. The second-order valence-electron chi connectivity index (χ2n) is 10.8. The number of hydrogen-bond acceptors (Lipinski definition) is 7. The molecular weight excluding hydrogens is 600 g/mol. The van der Waals surface area contributed by atoms with Crippen molar-refractivity contribution in [2.75, 3.05) is 38.7 Å². The maximum Gasteiger partial charge on any atom is 0.245 e. The Morgan fingerprint density at radius 3 is 2.82 bits per heavy atom. The van der Waals surface area contributed by atoms with E-state index in [1.54, 1.807) is 15.8 Å². The first-order valence-corrected chi connectivity index (χ1v) is 15.3. The van der Waals surface area contributed by atoms with Gasteiger partial charge in [-0.25, -0.2) is 13.8 Å². The van der Waals surface area contributed by atoms with Gasteiger partial charge < -0.3 is 19.7 Å². The first kappa shape index (κ1) is 30.4. The van der Waals surface area contributed by atoms with Gasteiger partial charge in [0.05, 0.1) is 35.5 Å². The number of nitrogens with one attached hydrogen (secondary N) is 1. The van der Waals surface area contributed by atoms with Crippen molar-refractivity contribution in [3.63, 3.8) is 0 Å². The van der Waals surface area contributed by atoms with Gasteiger partial charge in [-0.05, 0) is 42.5 Å². The van der Waals surface area contributed by atoms with Crippen LogP contribution in [0.3, 0.4) is 0 Å². The summed E-state index contributed by atoms with van der Waals surface area (Å²) in [5.41, 5.74) is 2.54. The van der Waals surface area contributed by atoms with Crippen LogP contribution in [0, 0.1) is 17.6 Å². The smallest absolute Gasteiger partial charge is 0.245 e. The third kappa shape index (κ3) is 5.90. The highest BCUT2D eigenvalue weighted by atomic mass is 32.1. The number of halogens is 2. The third-order valence-corrected chi connectivity index (χ3v) is 8.89. The van der Waals surface area contributed by atoms with E-state index in [0.29, 0.717) is 29.8 Å². The number of thiophene rings is 1. The number of aryl methyl sites for hydroxylation is 1. The molecule has 1 saturated heterocycles. The lowest BCUT2D eigenvalue weighted by molar-refractivity contribution is -0.130. The summed E-state index contributed by atoms with van der Waals surface area (Å²) in [7, 11) is 3.36. The Morgan fingerprint density at radius 1 is 1.18 bits per heavy atom. The predicted molar refractivity (Wildman–Crippen MR) is 170 cm³/mol. The van der Waals surface area contributed by atoms with E-state index in [2.05, 4.69) is 17.0 Å². The summed E-state index contributed by atoms with van der Waals surface area (Å²) in [5.74, 6) is -2.74. The zero-order chi connectivity index (χ0) is 31.7. The number of benzene rings is 2. The molecule has 0 saturated carbocycles. The van der Waals surface area contributed by atoms with E-state index in [1.165, 1.54) is 24.5 Å². The van der Waals surface area contributed by atoms with Crippen molar-refractivity contribution in [1.29, 1.82) is 0 Å². The molecule has 6 rings (SSSR count). The summed E-state index contributed by atoms with van der Waals surface area (Å²) < 4.78 is 43.6. The van der Waals surface area contributed by atoms with Gasteiger partial charge in [-0.3, -0.25) is 14.3 Å². The number of aromatic nitrogens is 3. The molecule has 5 aromatic rings. The normalized spacial score (nSPS) is 15.0. The van der Waals surface area contributed by atoms with Crippen LogP contribution in [-0.2, 0) is 21.4 Å². The molecule has 1 unspecified atom stereocenters. The van der Waals surface area contributed by atoms with Crippen LogP contribution in [0.25, 0.3) is 43.4 Å². The predicted octanol–water partition coefficient (Wildman–Crippen LogP) is 6.18. The van der Waals surface area contributed by atoms with Crippen molar-refractivity contribution in [2.24, 2.45) is 13.0 Å². The number of methoxy groups -OCH3 is 1. The summed E-state index contributed by atoms with van der Waals surface area (Å²) in [6.07, 6.45) is 4.20. The topological polar surface area (TPSA) is 98.6 Å². The van der Waals surface area contributed by atoms with Crippen molar-refractivity contribution in [3.8, 4) is 28.1 Å². The third-order valence-electron chi connectivity index (χ3n) is 7.96. The van der Waals surface area contributed by atoms with Crippen LogP contribution in [0.4, 0.5) is 14.6 Å². The monoisotopic (exact) mass is 631 g/mol. The molecule has 1 aliphatic rings. The van der Waals surface area contributed by atoms with Gasteiger partial charge in [-0.1, -0.05) is 12.6 Å². The van der Waals surface area contributed by atoms with Gasteiger partial charge >= 0.3 is 0 Å². The molecule has 1 aliphatic heterocycles. The number of rotatable bonds is 9. The highest BCUT2D eigenvalue weighted by Crippen LogP contribution is 2.46. The zero-order valence-electron chi connectivity index (χ0n) is 24.8. The first-order chi connectivity index (χ1) is 21.8. The Kier molecular flexibility index (Phi) is 8.59. The summed E-state index contributed by atoms with van der Waals surface area (Å²) in [5, 5.41) is 10.8. The van der Waals surface area contributed by atoms with E-state index in [1.807, 2.05) is 36.7 Å². The zero-order valence-corrected chi connectivity index (χ0v) is 25.6. The van der Waals surface area contributed by atoms with Crippen LogP contribution < -0.4 is 10.1 Å². The Balaban J connectivity index is 1.52. The van der Waals surface area contributed by atoms with Crippen molar-refractivity contribution in [2.45, 2.75) is 12.8 Å². The molecular formula is C33H31F2N5O4S. The fourth-order valence-electron chi connectivity index (χ4n) is 5.76. The number of hydrogen-bond donors (Lipinski definition) is 1. The number of amides is 2. The van der Waals surface area contributed by atoms with Gasteiger partial charge in [0.2, 0.25) is 11.8 Å². The Morgan fingerprint density at radius 2 is 2.02 bits per heavy atom. The van der Waals surface area contributed by atoms with E-state index in [4.69, 9.17) is 14.5 Å². The lowest BCUT2D eigenvalue weighted by atomic mass is 9.96. The number of nitrogens with zero attached hydrogens (tertiary/aromatic N) is 4. The fraction of sp³-hybridized carbons (Fsp3) is 0.273. The van der Waals surface area contributed by atoms with E-state index in [-0.39, 0.29) is 54.3 Å². The molecule has 1 atom stereocenters. The number of piperidine rings is 1. The van der Waals surface area contributed by atoms with E-state index < -0.39 is 17.6 Å². The van der Waals surface area contributed by atoms with Gasteiger partial charge in [-0.15, -0.1) is 11.3 Å². The number of fused-ring (bicyclic) bond motifs is 2. The van der Waals surface area contributed by atoms with Crippen LogP contribution >= 0.6 is 11.3 Å². The fourth-order valence-corrected chi connectivity index (χ4v) is 6.71. The highest BCUT2D eigenvalue weighted by Gasteiger charge is 2.30. The molecule has 2 aromatic carbocycles. The number of pyridine rings is 1. The van der Waals surface area contributed by atoms with Gasteiger partial charge in [0, 0.05) is 66.0 Å². The Labute approximate surface area is 262 Å². The first-order valence-electron chi connectivity index (χ1n) is 14.5. The van der Waals surface area contributed by atoms with Crippen molar-refractivity contribution < 1.29 is 27.8 Å².